The Morgan fingerprint density at radius 3 is 1.95 bits per heavy atom. The number of imide groups is 1. The van der Waals surface area contributed by atoms with Crippen molar-refractivity contribution in [1.29, 1.82) is 0 Å². The van der Waals surface area contributed by atoms with Crippen molar-refractivity contribution in [2.45, 2.75) is 44.1 Å². The van der Waals surface area contributed by atoms with Crippen LogP contribution in [0.25, 0.3) is 32.8 Å². The van der Waals surface area contributed by atoms with Gasteiger partial charge in [0, 0.05) is 33.0 Å². The maximum absolute atomic E-state index is 14.5. The molecule has 6 aromatic carbocycles. The number of nitrogens with one attached hydrogen (secondary N) is 1. The summed E-state index contributed by atoms with van der Waals surface area (Å²) in [6.07, 6.45) is 4.44. The van der Waals surface area contributed by atoms with Gasteiger partial charge in [-0.3, -0.25) is 24.0 Å². The second-order valence-corrected chi connectivity index (χ2v) is 14.7. The summed E-state index contributed by atoms with van der Waals surface area (Å²) in [5.74, 6) is -2.99. The second-order valence-electron chi connectivity index (χ2n) is 14.7. The van der Waals surface area contributed by atoms with Gasteiger partial charge in [-0.25, -0.2) is 9.88 Å². The van der Waals surface area contributed by atoms with E-state index >= 15 is 0 Å². The number of benzene rings is 6. The van der Waals surface area contributed by atoms with Crippen LogP contribution in [0, 0.1) is 0 Å². The van der Waals surface area contributed by atoms with Crippen LogP contribution in [0.3, 0.4) is 0 Å². The van der Waals surface area contributed by atoms with Gasteiger partial charge in [0.2, 0.25) is 0 Å². The van der Waals surface area contributed by atoms with Crippen LogP contribution in [0.5, 0.6) is 5.75 Å². The monoisotopic (exact) mass is 735 g/mol. The summed E-state index contributed by atoms with van der Waals surface area (Å²) in [5, 5.41) is 0.836. The van der Waals surface area contributed by atoms with Gasteiger partial charge >= 0.3 is 0 Å². The smallest absolute Gasteiger partial charge is 0.266 e. The van der Waals surface area contributed by atoms with Gasteiger partial charge in [-0.15, -0.1) is 0 Å². The summed E-state index contributed by atoms with van der Waals surface area (Å²) in [6, 6.07) is 36.4. The number of hydrogen-bond acceptors (Lipinski definition) is 7. The molecule has 1 fully saturated rings. The number of anilines is 1. The van der Waals surface area contributed by atoms with Crippen LogP contribution in [0.15, 0.2) is 126 Å². The molecule has 1 aliphatic heterocycles. The molecule has 3 aliphatic rings. The molecule has 9 heteroatoms. The van der Waals surface area contributed by atoms with Crippen molar-refractivity contribution in [3.63, 3.8) is 0 Å². The number of rotatable bonds is 7. The van der Waals surface area contributed by atoms with Crippen LogP contribution in [-0.2, 0) is 6.61 Å². The van der Waals surface area contributed by atoms with E-state index in [2.05, 4.69) is 9.97 Å². The Hall–Kier alpha value is -7.00. The van der Waals surface area contributed by atoms with E-state index in [-0.39, 0.29) is 45.5 Å². The number of carbonyl (C=O) groups excluding carboxylic acids is 4. The van der Waals surface area contributed by atoms with E-state index < -0.39 is 34.9 Å². The fourth-order valence-corrected chi connectivity index (χ4v) is 8.68. The molecule has 56 heavy (non-hydrogen) atoms. The van der Waals surface area contributed by atoms with Crippen LogP contribution < -0.4 is 15.2 Å². The molecule has 1 N–H and O–H groups in total. The predicted octanol–water partition coefficient (Wildman–Crippen LogP) is 8.94. The van der Waals surface area contributed by atoms with Gasteiger partial charge in [-0.05, 0) is 89.5 Å². The van der Waals surface area contributed by atoms with Gasteiger partial charge in [0.25, 0.3) is 17.4 Å². The Morgan fingerprint density at radius 2 is 1.27 bits per heavy atom. The van der Waals surface area contributed by atoms with Crippen molar-refractivity contribution in [3.8, 4) is 16.9 Å². The Kier molecular flexibility index (Phi) is 7.84. The molecule has 7 aromatic rings. The lowest BCUT2D eigenvalue weighted by molar-refractivity contribution is 0.0842. The number of aromatic amines is 1. The molecule has 1 saturated carbocycles. The molecule has 0 saturated heterocycles. The van der Waals surface area contributed by atoms with Crippen LogP contribution in [0.4, 0.5) is 5.69 Å². The summed E-state index contributed by atoms with van der Waals surface area (Å²) >= 11 is 0. The molecule has 2 amide bonds. The standard InChI is InChI=1S/C47H33N3O6/c51-42-31-17-19-33-40-34(47(55)50(46(33)54)37-22-16-30(28-13-7-8-14-28)24-38(37)56-25-26-9-3-1-4-10-26)20-18-32(39(31)40)43(52)41(42)44-48-36-21-15-29(23-35(36)45(53)49-44)27-11-5-2-6-12-27/h1-6,9-12,15-24,28,41H,7-8,13-14,25H2,(H,48,49,53). The van der Waals surface area contributed by atoms with Crippen LogP contribution in [0.1, 0.15) is 95.9 Å². The van der Waals surface area contributed by atoms with Crippen LogP contribution >= 0.6 is 0 Å². The quantitative estimate of drug-likeness (QED) is 0.128. The highest BCUT2D eigenvalue weighted by Crippen LogP contribution is 2.44. The third-order valence-corrected chi connectivity index (χ3v) is 11.5. The number of carbonyl (C=O) groups is 4. The maximum atomic E-state index is 14.5. The molecule has 0 spiro atoms. The lowest BCUT2D eigenvalue weighted by Gasteiger charge is -2.31. The number of fused-ring (bicyclic) bond motifs is 1. The second kappa shape index (κ2) is 13.1. The minimum atomic E-state index is -1.41. The third kappa shape index (κ3) is 5.30. The number of Topliss-reactive ketones (excluding diaryl/α,β-unsaturated/α-hetero) is 2. The van der Waals surface area contributed by atoms with Gasteiger partial charge in [-0.1, -0.05) is 85.6 Å². The average Bonchev–Trinajstić information content (AvgIpc) is 3.78. The molecule has 0 atom stereocenters. The molecule has 272 valence electrons. The predicted molar refractivity (Wildman–Crippen MR) is 213 cm³/mol. The minimum Gasteiger partial charge on any atom is -0.487 e. The third-order valence-electron chi connectivity index (χ3n) is 11.5. The maximum Gasteiger partial charge on any atom is 0.266 e. The van der Waals surface area contributed by atoms with Gasteiger partial charge in [-0.2, -0.15) is 0 Å². The molecular weight excluding hydrogens is 703 g/mol. The number of amides is 2. The molecule has 10 rings (SSSR count). The highest BCUT2D eigenvalue weighted by atomic mass is 16.5. The van der Waals surface area contributed by atoms with Crippen molar-refractivity contribution >= 4 is 50.7 Å². The van der Waals surface area contributed by atoms with Crippen molar-refractivity contribution in [1.82, 2.24) is 9.97 Å². The molecule has 0 bridgehead atoms. The Balaban J connectivity index is 1.03. The van der Waals surface area contributed by atoms with E-state index in [4.69, 9.17) is 4.74 Å². The topological polar surface area (TPSA) is 126 Å². The number of ketones is 2. The van der Waals surface area contributed by atoms with Gasteiger partial charge in [0.05, 0.1) is 16.6 Å². The van der Waals surface area contributed by atoms with E-state index in [0.29, 0.717) is 28.3 Å². The van der Waals surface area contributed by atoms with E-state index in [1.807, 2.05) is 78.9 Å². The summed E-state index contributed by atoms with van der Waals surface area (Å²) in [4.78, 5) is 79.4. The molecule has 1 aromatic heterocycles. The number of nitrogens with zero attached hydrogens (tertiary/aromatic N) is 2. The first-order valence-corrected chi connectivity index (χ1v) is 18.8. The van der Waals surface area contributed by atoms with Crippen molar-refractivity contribution in [3.05, 3.63) is 171 Å². The Bertz CT molecular complexity index is 2810. The van der Waals surface area contributed by atoms with E-state index in [0.717, 1.165) is 52.8 Å². The normalized spacial score (nSPS) is 15.7. The molecule has 9 nitrogen and oxygen atoms in total. The number of aromatic nitrogens is 2. The number of ether oxygens (including phenoxy) is 1. The SMILES string of the molecule is O=C1c2ccc3c4c(ccc(c24)C(=O)C1c1nc2ccc(-c4ccccc4)cc2c(=O)[nH]1)C(=O)N(c1ccc(C2CCCC2)cc1OCc1ccccc1)C3=O. The van der Waals surface area contributed by atoms with Gasteiger partial charge in [0.15, 0.2) is 11.6 Å². The molecule has 2 aliphatic carbocycles. The largest absolute Gasteiger partial charge is 0.487 e. The summed E-state index contributed by atoms with van der Waals surface area (Å²) in [7, 11) is 0. The van der Waals surface area contributed by atoms with Crippen molar-refractivity contribution in [2.75, 3.05) is 4.90 Å². The summed E-state index contributed by atoms with van der Waals surface area (Å²) < 4.78 is 6.38. The first-order chi connectivity index (χ1) is 27.4. The molecule has 2 heterocycles. The lowest BCUT2D eigenvalue weighted by Crippen LogP contribution is -2.41. The van der Waals surface area contributed by atoms with Gasteiger partial charge in [0.1, 0.15) is 24.1 Å². The fraction of sp³-hybridized carbons (Fsp3) is 0.149. The lowest BCUT2D eigenvalue weighted by atomic mass is 9.76. The van der Waals surface area contributed by atoms with Crippen molar-refractivity contribution in [2.24, 2.45) is 0 Å². The molecular formula is C47H33N3O6. The molecule has 0 radical (unpaired) electrons. The van der Waals surface area contributed by atoms with Crippen LogP contribution in [-0.4, -0.2) is 33.3 Å². The number of hydrogen-bond donors (Lipinski definition) is 1. The zero-order valence-corrected chi connectivity index (χ0v) is 30.1. The average molecular weight is 736 g/mol. The Morgan fingerprint density at radius 1 is 0.643 bits per heavy atom. The van der Waals surface area contributed by atoms with E-state index in [1.165, 1.54) is 24.3 Å². The fourth-order valence-electron chi connectivity index (χ4n) is 8.68. The summed E-state index contributed by atoms with van der Waals surface area (Å²) in [5.41, 5.74) is 4.75. The van der Waals surface area contributed by atoms with E-state index in [1.54, 1.807) is 18.2 Å². The van der Waals surface area contributed by atoms with Crippen LogP contribution in [0.2, 0.25) is 0 Å². The first-order valence-electron chi connectivity index (χ1n) is 18.8. The molecule has 0 unspecified atom stereocenters. The minimum absolute atomic E-state index is 0.0635. The Labute approximate surface area is 320 Å². The zero-order chi connectivity index (χ0) is 38.1. The highest BCUT2D eigenvalue weighted by Gasteiger charge is 2.43. The first kappa shape index (κ1) is 33.6. The van der Waals surface area contributed by atoms with Crippen molar-refractivity contribution < 1.29 is 23.9 Å². The van der Waals surface area contributed by atoms with Gasteiger partial charge < -0.3 is 9.72 Å². The summed E-state index contributed by atoms with van der Waals surface area (Å²) in [6.45, 7) is 0.245. The number of H-pyrrole nitrogens is 1. The highest BCUT2D eigenvalue weighted by molar-refractivity contribution is 6.40. The van der Waals surface area contributed by atoms with E-state index in [9.17, 15) is 24.0 Å². The zero-order valence-electron chi connectivity index (χ0n) is 30.1.